The highest BCUT2D eigenvalue weighted by atomic mass is 16.1. The molecule has 0 radical (unpaired) electrons. The number of hydrogen-bond donors (Lipinski definition) is 2. The second kappa shape index (κ2) is 8.38. The third kappa shape index (κ3) is 4.38. The minimum absolute atomic E-state index is 0.0349. The lowest BCUT2D eigenvalue weighted by molar-refractivity contribution is -0.119. The number of amides is 1. The van der Waals surface area contributed by atoms with Gasteiger partial charge in [-0.2, -0.15) is 10.2 Å². The summed E-state index contributed by atoms with van der Waals surface area (Å²) >= 11 is 0. The van der Waals surface area contributed by atoms with Crippen LogP contribution < -0.4 is 10.6 Å². The zero-order chi connectivity index (χ0) is 22.0. The van der Waals surface area contributed by atoms with Gasteiger partial charge in [0.05, 0.1) is 17.0 Å². The Morgan fingerprint density at radius 3 is 2.61 bits per heavy atom. The Morgan fingerprint density at radius 2 is 1.90 bits per heavy atom. The first-order chi connectivity index (χ1) is 14.9. The van der Waals surface area contributed by atoms with Crippen molar-refractivity contribution in [3.63, 3.8) is 0 Å². The van der Waals surface area contributed by atoms with Crippen molar-refractivity contribution in [2.24, 2.45) is 0 Å². The van der Waals surface area contributed by atoms with Gasteiger partial charge in [-0.1, -0.05) is 12.1 Å². The van der Waals surface area contributed by atoms with Crippen molar-refractivity contribution in [3.8, 4) is 11.9 Å². The van der Waals surface area contributed by atoms with Crippen molar-refractivity contribution in [2.45, 2.75) is 64.0 Å². The number of benzene rings is 1. The van der Waals surface area contributed by atoms with Gasteiger partial charge < -0.3 is 15.2 Å². The molecule has 7 nitrogen and oxygen atoms in total. The monoisotopic (exact) mass is 416 g/mol. The minimum Gasteiger partial charge on any atom is -0.354 e. The van der Waals surface area contributed by atoms with Crippen LogP contribution >= 0.6 is 0 Å². The van der Waals surface area contributed by atoms with Gasteiger partial charge in [-0.15, -0.1) is 0 Å². The largest absolute Gasteiger partial charge is 0.354 e. The second-order valence-corrected chi connectivity index (χ2v) is 8.79. The molecule has 1 amide bonds. The average molecular weight is 417 g/mol. The first kappa shape index (κ1) is 20.9. The van der Waals surface area contributed by atoms with E-state index in [2.05, 4.69) is 21.7 Å². The summed E-state index contributed by atoms with van der Waals surface area (Å²) in [5.41, 5.74) is 1.45. The van der Waals surface area contributed by atoms with Gasteiger partial charge >= 0.3 is 0 Å². The molecule has 0 aliphatic heterocycles. The van der Waals surface area contributed by atoms with Gasteiger partial charge in [-0.3, -0.25) is 4.79 Å². The van der Waals surface area contributed by atoms with Gasteiger partial charge in [-0.05, 0) is 63.3 Å². The molecule has 1 aliphatic rings. The van der Waals surface area contributed by atoms with E-state index in [0.717, 1.165) is 48.0 Å². The van der Waals surface area contributed by atoms with Crippen molar-refractivity contribution in [1.82, 2.24) is 19.9 Å². The summed E-state index contributed by atoms with van der Waals surface area (Å²) in [5.74, 6) is 1.43. The van der Waals surface area contributed by atoms with E-state index in [4.69, 9.17) is 4.98 Å². The van der Waals surface area contributed by atoms with Crippen LogP contribution in [0.1, 0.15) is 52.0 Å². The van der Waals surface area contributed by atoms with E-state index in [1.165, 1.54) is 0 Å². The SMILES string of the molecule is CC(=O)NC1CCC(Nc2nccc(-n3ccc4c(C(C)(C)C#N)cccc43)n2)CC1. The van der Waals surface area contributed by atoms with Crippen LogP contribution in [0.4, 0.5) is 5.95 Å². The third-order valence-electron chi connectivity index (χ3n) is 6.04. The van der Waals surface area contributed by atoms with Crippen LogP contribution in [0.25, 0.3) is 16.7 Å². The highest BCUT2D eigenvalue weighted by Crippen LogP contribution is 2.31. The number of carbonyl (C=O) groups is 1. The Bertz CT molecular complexity index is 1130. The topological polar surface area (TPSA) is 95.6 Å². The molecule has 0 atom stereocenters. The van der Waals surface area contributed by atoms with E-state index in [1.54, 1.807) is 13.1 Å². The fraction of sp³-hybridized carbons (Fsp3) is 0.417. The summed E-state index contributed by atoms with van der Waals surface area (Å²) in [4.78, 5) is 20.4. The van der Waals surface area contributed by atoms with Gasteiger partial charge in [-0.25, -0.2) is 4.98 Å². The summed E-state index contributed by atoms with van der Waals surface area (Å²) < 4.78 is 2.03. The van der Waals surface area contributed by atoms with E-state index in [9.17, 15) is 10.1 Å². The number of hydrogen-bond acceptors (Lipinski definition) is 5. The van der Waals surface area contributed by atoms with Crippen molar-refractivity contribution in [3.05, 3.63) is 48.3 Å². The van der Waals surface area contributed by atoms with E-state index >= 15 is 0 Å². The third-order valence-corrected chi connectivity index (χ3v) is 6.04. The minimum atomic E-state index is -0.569. The van der Waals surface area contributed by atoms with Crippen molar-refractivity contribution < 1.29 is 4.79 Å². The summed E-state index contributed by atoms with van der Waals surface area (Å²) in [5, 5.41) is 17.1. The van der Waals surface area contributed by atoms with Crippen LogP contribution in [-0.2, 0) is 10.2 Å². The maximum atomic E-state index is 11.3. The normalized spacial score (nSPS) is 19.0. The lowest BCUT2D eigenvalue weighted by Crippen LogP contribution is -2.39. The number of nitrogens with one attached hydrogen (secondary N) is 2. The fourth-order valence-electron chi connectivity index (χ4n) is 4.38. The van der Waals surface area contributed by atoms with Crippen LogP contribution in [0.3, 0.4) is 0 Å². The molecule has 2 heterocycles. The molecule has 4 rings (SSSR count). The number of nitrogens with zero attached hydrogens (tertiary/aromatic N) is 4. The predicted molar refractivity (Wildman–Crippen MR) is 121 cm³/mol. The first-order valence-electron chi connectivity index (χ1n) is 10.8. The quantitative estimate of drug-likeness (QED) is 0.653. The van der Waals surface area contributed by atoms with E-state index in [-0.39, 0.29) is 11.9 Å². The molecule has 2 N–H and O–H groups in total. The Labute approximate surface area is 182 Å². The molecule has 31 heavy (non-hydrogen) atoms. The first-order valence-corrected chi connectivity index (χ1v) is 10.8. The molecule has 1 aromatic carbocycles. The summed E-state index contributed by atoms with van der Waals surface area (Å²) in [6.07, 6.45) is 7.61. The summed E-state index contributed by atoms with van der Waals surface area (Å²) in [7, 11) is 0. The molecule has 0 spiro atoms. The summed E-state index contributed by atoms with van der Waals surface area (Å²) in [6.45, 7) is 5.44. The molecule has 3 aromatic rings. The number of nitriles is 1. The molecule has 160 valence electrons. The molecular formula is C24H28N6O. The second-order valence-electron chi connectivity index (χ2n) is 8.79. The zero-order valence-electron chi connectivity index (χ0n) is 18.2. The maximum absolute atomic E-state index is 11.3. The maximum Gasteiger partial charge on any atom is 0.224 e. The number of anilines is 1. The van der Waals surface area contributed by atoms with Gasteiger partial charge in [0, 0.05) is 36.8 Å². The van der Waals surface area contributed by atoms with Crippen LogP contribution in [-0.4, -0.2) is 32.5 Å². The number of carbonyl (C=O) groups excluding carboxylic acids is 1. The van der Waals surface area contributed by atoms with E-state index < -0.39 is 5.41 Å². The van der Waals surface area contributed by atoms with Crippen molar-refractivity contribution >= 4 is 22.8 Å². The molecule has 0 bridgehead atoms. The Morgan fingerprint density at radius 1 is 1.16 bits per heavy atom. The number of fused-ring (bicyclic) bond motifs is 1. The van der Waals surface area contributed by atoms with Crippen molar-refractivity contribution in [2.75, 3.05) is 5.32 Å². The predicted octanol–water partition coefficient (Wildman–Crippen LogP) is 4.08. The van der Waals surface area contributed by atoms with Gasteiger partial charge in [0.15, 0.2) is 0 Å². The Hall–Kier alpha value is -3.40. The average Bonchev–Trinajstić information content (AvgIpc) is 3.19. The van der Waals surface area contributed by atoms with Crippen LogP contribution in [0.2, 0.25) is 0 Å². The zero-order valence-corrected chi connectivity index (χ0v) is 18.2. The Kier molecular flexibility index (Phi) is 5.64. The van der Waals surface area contributed by atoms with E-state index in [1.807, 2.05) is 54.9 Å². The molecule has 1 saturated carbocycles. The molecule has 1 fully saturated rings. The van der Waals surface area contributed by atoms with E-state index in [0.29, 0.717) is 12.0 Å². The van der Waals surface area contributed by atoms with Crippen LogP contribution in [0.15, 0.2) is 42.7 Å². The molecule has 2 aromatic heterocycles. The lowest BCUT2D eigenvalue weighted by atomic mass is 9.84. The highest BCUT2D eigenvalue weighted by molar-refractivity contribution is 5.86. The van der Waals surface area contributed by atoms with Gasteiger partial charge in [0.25, 0.3) is 0 Å². The Balaban J connectivity index is 1.54. The fourth-order valence-corrected chi connectivity index (χ4v) is 4.38. The molecule has 7 heteroatoms. The van der Waals surface area contributed by atoms with Crippen molar-refractivity contribution in [1.29, 1.82) is 5.26 Å². The van der Waals surface area contributed by atoms with Gasteiger partial charge in [0.1, 0.15) is 5.82 Å². The molecule has 1 aliphatic carbocycles. The van der Waals surface area contributed by atoms with Crippen LogP contribution in [0, 0.1) is 11.3 Å². The summed E-state index contributed by atoms with van der Waals surface area (Å²) in [6, 6.07) is 12.9. The van der Waals surface area contributed by atoms with Crippen LogP contribution in [0.5, 0.6) is 0 Å². The smallest absolute Gasteiger partial charge is 0.224 e. The highest BCUT2D eigenvalue weighted by Gasteiger charge is 2.24. The molecule has 0 saturated heterocycles. The lowest BCUT2D eigenvalue weighted by Gasteiger charge is -2.29. The standard InChI is InChI=1S/C24H28N6O/c1-16(31)27-17-7-9-18(10-8-17)28-23-26-13-11-22(29-23)30-14-12-19-20(24(2,3)15-25)5-4-6-21(19)30/h4-6,11-14,17-18H,7-10H2,1-3H3,(H,27,31)(H,26,28,29). The van der Waals surface area contributed by atoms with Gasteiger partial charge in [0.2, 0.25) is 11.9 Å². The number of rotatable bonds is 5. The number of aromatic nitrogens is 3. The molecular weight excluding hydrogens is 388 g/mol. The molecule has 0 unspecified atom stereocenters.